The van der Waals surface area contributed by atoms with Gasteiger partial charge in [-0.1, -0.05) is 24.3 Å². The van der Waals surface area contributed by atoms with Gasteiger partial charge in [0.05, 0.1) is 11.9 Å². The van der Waals surface area contributed by atoms with Gasteiger partial charge in [-0.15, -0.1) is 0 Å². The van der Waals surface area contributed by atoms with Crippen molar-refractivity contribution in [2.45, 2.75) is 12.3 Å². The Labute approximate surface area is 113 Å². The van der Waals surface area contributed by atoms with Gasteiger partial charge in [0.15, 0.2) is 0 Å². The molecule has 0 saturated carbocycles. The van der Waals surface area contributed by atoms with Gasteiger partial charge in [0.2, 0.25) is 0 Å². The lowest BCUT2D eigenvalue weighted by atomic mass is 9.77. The molecule has 0 aliphatic heterocycles. The van der Waals surface area contributed by atoms with Gasteiger partial charge in [-0.25, -0.2) is 5.10 Å². The number of aromatic amines is 1. The lowest BCUT2D eigenvalue weighted by molar-refractivity contribution is 0.635. The van der Waals surface area contributed by atoms with Crippen molar-refractivity contribution in [2.75, 3.05) is 11.9 Å². The maximum atomic E-state index is 11.4. The lowest BCUT2D eigenvalue weighted by Crippen LogP contribution is -2.25. The number of fused-ring (bicyclic) bond motifs is 1. The van der Waals surface area contributed by atoms with Gasteiger partial charge >= 0.3 is 0 Å². The molecular formula is C13H12BrN3O. The van der Waals surface area contributed by atoms with E-state index >= 15 is 0 Å². The van der Waals surface area contributed by atoms with Crippen molar-refractivity contribution in [3.05, 3.63) is 56.4 Å². The van der Waals surface area contributed by atoms with Crippen molar-refractivity contribution in [1.29, 1.82) is 0 Å². The van der Waals surface area contributed by atoms with E-state index in [0.717, 1.165) is 18.7 Å². The van der Waals surface area contributed by atoms with E-state index in [2.05, 4.69) is 55.7 Å². The SMILES string of the molecule is O=c1[nH]ncc(NCC2Cc3ccccc32)c1Br. The molecule has 3 rings (SSSR count). The second kappa shape index (κ2) is 4.57. The van der Waals surface area contributed by atoms with Gasteiger partial charge in [0, 0.05) is 12.5 Å². The summed E-state index contributed by atoms with van der Waals surface area (Å²) in [4.78, 5) is 11.4. The minimum Gasteiger partial charge on any atom is -0.382 e. The Morgan fingerprint density at radius 2 is 2.28 bits per heavy atom. The first-order chi connectivity index (χ1) is 8.75. The number of hydrogen-bond acceptors (Lipinski definition) is 3. The lowest BCUT2D eigenvalue weighted by Gasteiger charge is -2.30. The molecule has 1 aromatic heterocycles. The molecule has 0 saturated heterocycles. The third kappa shape index (κ3) is 1.95. The molecule has 2 N–H and O–H groups in total. The van der Waals surface area contributed by atoms with Gasteiger partial charge in [-0.2, -0.15) is 5.10 Å². The summed E-state index contributed by atoms with van der Waals surface area (Å²) in [6, 6.07) is 8.46. The molecule has 0 spiro atoms. The summed E-state index contributed by atoms with van der Waals surface area (Å²) in [5.74, 6) is 0.521. The molecule has 18 heavy (non-hydrogen) atoms. The summed E-state index contributed by atoms with van der Waals surface area (Å²) >= 11 is 3.26. The number of benzene rings is 1. The Kier molecular flexibility index (Phi) is 2.91. The van der Waals surface area contributed by atoms with Crippen molar-refractivity contribution in [1.82, 2.24) is 10.2 Å². The van der Waals surface area contributed by atoms with E-state index in [1.54, 1.807) is 6.20 Å². The van der Waals surface area contributed by atoms with Gasteiger partial charge in [-0.05, 0) is 33.5 Å². The molecule has 4 nitrogen and oxygen atoms in total. The number of aromatic nitrogens is 2. The van der Waals surface area contributed by atoms with Gasteiger partial charge in [0.25, 0.3) is 5.56 Å². The number of rotatable bonds is 3. The quantitative estimate of drug-likeness (QED) is 0.915. The van der Waals surface area contributed by atoms with Crippen LogP contribution < -0.4 is 10.9 Å². The Morgan fingerprint density at radius 3 is 3.11 bits per heavy atom. The van der Waals surface area contributed by atoms with E-state index < -0.39 is 0 Å². The molecule has 92 valence electrons. The molecule has 0 fully saturated rings. The van der Waals surface area contributed by atoms with Crippen LogP contribution in [-0.2, 0) is 6.42 Å². The predicted molar refractivity (Wildman–Crippen MR) is 73.9 cm³/mol. The topological polar surface area (TPSA) is 57.8 Å². The molecule has 0 bridgehead atoms. The highest BCUT2D eigenvalue weighted by molar-refractivity contribution is 9.10. The van der Waals surface area contributed by atoms with Gasteiger partial charge in [-0.3, -0.25) is 4.79 Å². The molecule has 1 unspecified atom stereocenters. The van der Waals surface area contributed by atoms with E-state index in [1.165, 1.54) is 11.1 Å². The Bertz CT molecular complexity index is 638. The van der Waals surface area contributed by atoms with Crippen LogP contribution in [0.3, 0.4) is 0 Å². The van der Waals surface area contributed by atoms with E-state index in [9.17, 15) is 4.79 Å². The fraction of sp³-hybridized carbons (Fsp3) is 0.231. The Hall–Kier alpha value is -1.62. The van der Waals surface area contributed by atoms with Crippen LogP contribution in [0.5, 0.6) is 0 Å². The van der Waals surface area contributed by atoms with Gasteiger partial charge in [0.1, 0.15) is 4.47 Å². The number of nitrogens with zero attached hydrogens (tertiary/aromatic N) is 1. The van der Waals surface area contributed by atoms with Crippen molar-refractivity contribution in [3.63, 3.8) is 0 Å². The van der Waals surface area contributed by atoms with Crippen LogP contribution in [0, 0.1) is 0 Å². The minimum absolute atomic E-state index is 0.214. The summed E-state index contributed by atoms with van der Waals surface area (Å²) in [6.45, 7) is 0.820. The number of hydrogen-bond donors (Lipinski definition) is 2. The highest BCUT2D eigenvalue weighted by Gasteiger charge is 2.25. The molecule has 1 aliphatic rings. The molecule has 1 aromatic carbocycles. The predicted octanol–water partition coefficient (Wildman–Crippen LogP) is 2.28. The van der Waals surface area contributed by atoms with Crippen LogP contribution in [0.25, 0.3) is 0 Å². The smallest absolute Gasteiger partial charge is 0.280 e. The van der Waals surface area contributed by atoms with E-state index in [1.807, 2.05) is 0 Å². The van der Waals surface area contributed by atoms with Crippen molar-refractivity contribution in [2.24, 2.45) is 0 Å². The van der Waals surface area contributed by atoms with Crippen LogP contribution in [0.4, 0.5) is 5.69 Å². The highest BCUT2D eigenvalue weighted by atomic mass is 79.9. The second-order valence-electron chi connectivity index (χ2n) is 4.41. The zero-order chi connectivity index (χ0) is 12.5. The Morgan fingerprint density at radius 1 is 1.44 bits per heavy atom. The van der Waals surface area contributed by atoms with Crippen LogP contribution in [0.2, 0.25) is 0 Å². The molecule has 1 aliphatic carbocycles. The molecule has 1 heterocycles. The van der Waals surface area contributed by atoms with Crippen molar-refractivity contribution in [3.8, 4) is 0 Å². The van der Waals surface area contributed by atoms with Crippen molar-refractivity contribution >= 4 is 21.6 Å². The summed E-state index contributed by atoms with van der Waals surface area (Å²) in [6.07, 6.45) is 2.72. The summed E-state index contributed by atoms with van der Waals surface area (Å²) in [5, 5.41) is 9.43. The molecule has 0 radical (unpaired) electrons. The molecule has 2 aromatic rings. The number of H-pyrrole nitrogens is 1. The zero-order valence-corrected chi connectivity index (χ0v) is 11.2. The summed E-state index contributed by atoms with van der Waals surface area (Å²) < 4.78 is 0.505. The van der Waals surface area contributed by atoms with E-state index in [-0.39, 0.29) is 5.56 Å². The number of halogens is 1. The summed E-state index contributed by atoms with van der Waals surface area (Å²) in [7, 11) is 0. The number of nitrogens with one attached hydrogen (secondary N) is 2. The third-order valence-electron chi connectivity index (χ3n) is 3.30. The van der Waals surface area contributed by atoms with Crippen LogP contribution in [-0.4, -0.2) is 16.7 Å². The average molecular weight is 306 g/mol. The van der Waals surface area contributed by atoms with Crippen LogP contribution in [0.15, 0.2) is 39.7 Å². The molecular weight excluding hydrogens is 294 g/mol. The molecule has 5 heteroatoms. The van der Waals surface area contributed by atoms with Gasteiger partial charge < -0.3 is 5.32 Å². The number of anilines is 1. The summed E-state index contributed by atoms with van der Waals surface area (Å²) in [5.41, 5.74) is 3.35. The maximum Gasteiger partial charge on any atom is 0.280 e. The third-order valence-corrected chi connectivity index (χ3v) is 4.08. The largest absolute Gasteiger partial charge is 0.382 e. The van der Waals surface area contributed by atoms with E-state index in [0.29, 0.717) is 10.4 Å². The standard InChI is InChI=1S/C13H12BrN3O/c14-12-11(7-16-17-13(12)18)15-6-9-5-8-3-1-2-4-10(8)9/h1-4,7,9H,5-6H2,(H2,15,17,18). The Balaban J connectivity index is 1.70. The van der Waals surface area contributed by atoms with Crippen LogP contribution >= 0.6 is 15.9 Å². The van der Waals surface area contributed by atoms with E-state index in [4.69, 9.17) is 0 Å². The van der Waals surface area contributed by atoms with Crippen molar-refractivity contribution < 1.29 is 0 Å². The maximum absolute atomic E-state index is 11.4. The fourth-order valence-corrected chi connectivity index (χ4v) is 2.62. The first-order valence-corrected chi connectivity index (χ1v) is 6.60. The molecule has 0 amide bonds. The fourth-order valence-electron chi connectivity index (χ4n) is 2.28. The molecule has 1 atom stereocenters. The first kappa shape index (κ1) is 11.5. The van der Waals surface area contributed by atoms with Crippen LogP contribution in [0.1, 0.15) is 17.0 Å². The zero-order valence-electron chi connectivity index (χ0n) is 9.61. The minimum atomic E-state index is -0.214. The average Bonchev–Trinajstić information content (AvgIpc) is 2.35. The highest BCUT2D eigenvalue weighted by Crippen LogP contribution is 2.34. The monoisotopic (exact) mass is 305 g/mol. The normalized spacial score (nSPS) is 16.8. The second-order valence-corrected chi connectivity index (χ2v) is 5.20. The first-order valence-electron chi connectivity index (χ1n) is 5.80.